The highest BCUT2D eigenvalue weighted by Crippen LogP contribution is 2.32. The van der Waals surface area contributed by atoms with E-state index in [1.165, 1.54) is 0 Å². The van der Waals surface area contributed by atoms with Crippen molar-refractivity contribution in [2.24, 2.45) is 0 Å². The molecule has 11 heteroatoms. The van der Waals surface area contributed by atoms with E-state index in [-0.39, 0.29) is 24.2 Å². The van der Waals surface area contributed by atoms with Gasteiger partial charge in [0.2, 0.25) is 5.88 Å². The largest absolute Gasteiger partial charge is 0.490 e. The third kappa shape index (κ3) is 5.35. The van der Waals surface area contributed by atoms with Crippen molar-refractivity contribution in [1.29, 1.82) is 0 Å². The van der Waals surface area contributed by atoms with Crippen LogP contribution in [0.1, 0.15) is 29.0 Å². The molecule has 2 aromatic rings. The number of carboxylic acids is 1. The van der Waals surface area contributed by atoms with Crippen molar-refractivity contribution in [2.45, 2.75) is 44.2 Å². The molecule has 0 spiro atoms. The van der Waals surface area contributed by atoms with Crippen molar-refractivity contribution < 1.29 is 41.8 Å². The van der Waals surface area contributed by atoms with Gasteiger partial charge < -0.3 is 23.9 Å². The molecule has 4 heterocycles. The molecule has 4 rings (SSSR count). The smallest absolute Gasteiger partial charge is 0.475 e. The van der Waals surface area contributed by atoms with Crippen LogP contribution in [0.5, 0.6) is 5.88 Å². The third-order valence-corrected chi connectivity index (χ3v) is 4.98. The number of pyridine rings is 1. The number of rotatable bonds is 3. The monoisotopic (exact) mass is 442 g/mol. The Morgan fingerprint density at radius 1 is 1.29 bits per heavy atom. The lowest BCUT2D eigenvalue weighted by Crippen LogP contribution is -2.44. The minimum absolute atomic E-state index is 0.0196. The van der Waals surface area contributed by atoms with E-state index in [1.54, 1.807) is 25.5 Å². The number of alkyl halides is 3. The van der Waals surface area contributed by atoms with Crippen molar-refractivity contribution in [3.63, 3.8) is 0 Å². The maximum Gasteiger partial charge on any atom is 0.490 e. The number of aliphatic carboxylic acids is 1. The number of amides is 1. The molecule has 0 aliphatic carbocycles. The topological polar surface area (TPSA) is 102 Å². The number of likely N-dealkylation sites (tertiary alicyclic amines) is 1. The molecule has 3 atom stereocenters. The van der Waals surface area contributed by atoms with Crippen LogP contribution >= 0.6 is 0 Å². The summed E-state index contributed by atoms with van der Waals surface area (Å²) in [5.74, 6) is -1.58. The van der Waals surface area contributed by atoms with E-state index in [2.05, 4.69) is 4.98 Å². The summed E-state index contributed by atoms with van der Waals surface area (Å²) in [4.78, 5) is 27.9. The lowest BCUT2D eigenvalue weighted by molar-refractivity contribution is -0.192. The van der Waals surface area contributed by atoms with Crippen LogP contribution in [0.4, 0.5) is 13.2 Å². The first-order valence-electron chi connectivity index (χ1n) is 9.53. The maximum absolute atomic E-state index is 12.9. The molecular weight excluding hydrogens is 421 g/mol. The second-order valence-electron chi connectivity index (χ2n) is 7.02. The number of aryl methyl sites for hydroxylation is 1. The molecule has 0 saturated carbocycles. The lowest BCUT2D eigenvalue weighted by Gasteiger charge is -2.31. The molecule has 0 bridgehead atoms. The fourth-order valence-electron chi connectivity index (χ4n) is 3.58. The number of carboxylic acid groups (broad SMARTS) is 1. The number of nitrogens with zero attached hydrogens (tertiary/aromatic N) is 2. The number of aromatic nitrogens is 1. The van der Waals surface area contributed by atoms with Crippen molar-refractivity contribution in [1.82, 2.24) is 9.88 Å². The minimum atomic E-state index is -5.08. The zero-order chi connectivity index (χ0) is 22.6. The van der Waals surface area contributed by atoms with E-state index in [9.17, 15) is 18.0 Å². The molecule has 8 nitrogen and oxygen atoms in total. The van der Waals surface area contributed by atoms with Crippen LogP contribution in [0.3, 0.4) is 0 Å². The molecule has 31 heavy (non-hydrogen) atoms. The Morgan fingerprint density at radius 2 is 2.03 bits per heavy atom. The highest BCUT2D eigenvalue weighted by atomic mass is 19.4. The average Bonchev–Trinajstić information content (AvgIpc) is 3.32. The average molecular weight is 442 g/mol. The molecule has 2 aliphatic rings. The van der Waals surface area contributed by atoms with Crippen LogP contribution in [-0.4, -0.2) is 64.4 Å². The van der Waals surface area contributed by atoms with Crippen LogP contribution < -0.4 is 4.74 Å². The fraction of sp³-hybridized carbons (Fsp3) is 0.450. The van der Waals surface area contributed by atoms with Gasteiger partial charge in [-0.15, -0.1) is 0 Å². The number of hydrogen-bond acceptors (Lipinski definition) is 6. The van der Waals surface area contributed by atoms with Crippen molar-refractivity contribution in [2.75, 3.05) is 13.2 Å². The van der Waals surface area contributed by atoms with E-state index >= 15 is 0 Å². The summed E-state index contributed by atoms with van der Waals surface area (Å²) in [6.45, 7) is 3.01. The molecule has 2 aliphatic heterocycles. The molecular formula is C20H21F3N2O6. The molecule has 2 fully saturated rings. The second-order valence-corrected chi connectivity index (χ2v) is 7.02. The number of ether oxygens (including phenoxy) is 2. The maximum atomic E-state index is 12.9. The quantitative estimate of drug-likeness (QED) is 0.780. The number of fused-ring (bicyclic) bond motifs is 1. The van der Waals surface area contributed by atoms with Gasteiger partial charge in [0.1, 0.15) is 18.0 Å². The number of halogens is 3. The van der Waals surface area contributed by atoms with Gasteiger partial charge in [0.05, 0.1) is 24.4 Å². The molecule has 0 aromatic carbocycles. The summed E-state index contributed by atoms with van der Waals surface area (Å²) < 4.78 is 49.0. The fourth-order valence-corrected chi connectivity index (χ4v) is 3.58. The van der Waals surface area contributed by atoms with Gasteiger partial charge in [-0.3, -0.25) is 4.79 Å². The van der Waals surface area contributed by atoms with Crippen LogP contribution in [0.15, 0.2) is 41.1 Å². The van der Waals surface area contributed by atoms with Gasteiger partial charge >= 0.3 is 12.1 Å². The molecule has 2 saturated heterocycles. The van der Waals surface area contributed by atoms with Crippen LogP contribution in [0.2, 0.25) is 0 Å². The predicted octanol–water partition coefficient (Wildman–Crippen LogP) is 3.07. The van der Waals surface area contributed by atoms with Gasteiger partial charge in [-0.2, -0.15) is 13.2 Å². The normalized spacial score (nSPS) is 22.8. The minimum Gasteiger partial charge on any atom is -0.475 e. The zero-order valence-corrected chi connectivity index (χ0v) is 16.5. The van der Waals surface area contributed by atoms with Gasteiger partial charge in [-0.1, -0.05) is 6.07 Å². The van der Waals surface area contributed by atoms with Crippen molar-refractivity contribution >= 4 is 11.9 Å². The Morgan fingerprint density at radius 3 is 2.61 bits per heavy atom. The highest BCUT2D eigenvalue weighted by Gasteiger charge is 2.48. The molecule has 0 radical (unpaired) electrons. The van der Waals surface area contributed by atoms with Crippen LogP contribution in [-0.2, 0) is 9.53 Å². The van der Waals surface area contributed by atoms with Gasteiger partial charge in [0.25, 0.3) is 5.91 Å². The van der Waals surface area contributed by atoms with Gasteiger partial charge in [-0.05, 0) is 31.9 Å². The molecule has 2 aromatic heterocycles. The number of hydrogen-bond donors (Lipinski definition) is 1. The Hall–Kier alpha value is -3.08. The summed E-state index contributed by atoms with van der Waals surface area (Å²) in [6.07, 6.45) is -0.282. The van der Waals surface area contributed by atoms with Gasteiger partial charge in [0.15, 0.2) is 0 Å². The second kappa shape index (κ2) is 9.38. The summed E-state index contributed by atoms with van der Waals surface area (Å²) in [6, 6.07) is 7.31. The van der Waals surface area contributed by atoms with Crippen molar-refractivity contribution in [3.8, 4) is 5.88 Å². The Bertz CT molecular complexity index is 902. The third-order valence-electron chi connectivity index (χ3n) is 4.98. The van der Waals surface area contributed by atoms with Gasteiger partial charge in [0, 0.05) is 18.9 Å². The number of furan rings is 1. The lowest BCUT2D eigenvalue weighted by atomic mass is 10.0. The number of carbonyl (C=O) groups excluding carboxylic acids is 1. The van der Waals surface area contributed by atoms with E-state index < -0.39 is 12.1 Å². The zero-order valence-electron chi connectivity index (χ0n) is 16.5. The standard InChI is InChI=1S/C18H20N2O4.C2HF3O2/c1-12-13(7-10-22-12)18(21)20-11-15(17-14(20)5-4-9-23-17)24-16-6-2-3-8-19-16;3-2(4,5)1(6)7/h2-3,6-8,10,14-15,17H,4-5,9,11H2,1H3;(H,6,7)/t14-,15+,17+;/m1./s1. The molecule has 1 amide bonds. The first-order chi connectivity index (χ1) is 14.7. The van der Waals surface area contributed by atoms with E-state index in [1.807, 2.05) is 23.1 Å². The molecule has 0 unspecified atom stereocenters. The summed E-state index contributed by atoms with van der Waals surface area (Å²) >= 11 is 0. The first-order valence-corrected chi connectivity index (χ1v) is 9.53. The van der Waals surface area contributed by atoms with E-state index in [0.717, 1.165) is 12.8 Å². The van der Waals surface area contributed by atoms with Crippen LogP contribution in [0.25, 0.3) is 0 Å². The summed E-state index contributed by atoms with van der Waals surface area (Å²) in [7, 11) is 0. The molecule has 1 N–H and O–H groups in total. The Kier molecular flexibility index (Phi) is 6.84. The SMILES string of the molecule is Cc1occc1C(=O)N1C[C@H](Oc2ccccn2)[C@H]2OCCC[C@H]21.O=C(O)C(F)(F)F. The van der Waals surface area contributed by atoms with Gasteiger partial charge in [-0.25, -0.2) is 9.78 Å². The Balaban J connectivity index is 0.000000339. The van der Waals surface area contributed by atoms with E-state index in [0.29, 0.717) is 30.4 Å². The van der Waals surface area contributed by atoms with E-state index in [4.69, 9.17) is 23.8 Å². The summed E-state index contributed by atoms with van der Waals surface area (Å²) in [5.41, 5.74) is 0.609. The highest BCUT2D eigenvalue weighted by molar-refractivity contribution is 5.95. The summed E-state index contributed by atoms with van der Waals surface area (Å²) in [5, 5.41) is 7.12. The predicted molar refractivity (Wildman–Crippen MR) is 99.6 cm³/mol. The first kappa shape index (κ1) is 22.6. The number of carbonyl (C=O) groups is 2. The molecule has 168 valence electrons. The Labute approximate surface area is 175 Å². The van der Waals surface area contributed by atoms with Crippen LogP contribution in [0, 0.1) is 6.92 Å². The van der Waals surface area contributed by atoms with Crippen molar-refractivity contribution in [3.05, 3.63) is 48.0 Å².